The molecule has 0 radical (unpaired) electrons. The van der Waals surface area contributed by atoms with Crippen LogP contribution < -0.4 is 0 Å². The number of hydrogen-bond acceptors (Lipinski definition) is 6. The number of halogens is 1. The van der Waals surface area contributed by atoms with Gasteiger partial charge in [-0.25, -0.2) is 0 Å². The van der Waals surface area contributed by atoms with Gasteiger partial charge in [0.2, 0.25) is 5.89 Å². The predicted octanol–water partition coefficient (Wildman–Crippen LogP) is 4.65. The Morgan fingerprint density at radius 1 is 1.00 bits per heavy atom. The molecule has 1 saturated carbocycles. The Labute approximate surface area is 173 Å². The van der Waals surface area contributed by atoms with Crippen molar-refractivity contribution in [2.45, 2.75) is 31.8 Å². The first-order valence-corrected chi connectivity index (χ1v) is 11.0. The van der Waals surface area contributed by atoms with Gasteiger partial charge in [-0.1, -0.05) is 35.0 Å². The second kappa shape index (κ2) is 7.95. The van der Waals surface area contributed by atoms with Gasteiger partial charge >= 0.3 is 0 Å². The molecule has 1 aromatic carbocycles. The van der Waals surface area contributed by atoms with Crippen LogP contribution in [0.1, 0.15) is 35.4 Å². The third-order valence-electron chi connectivity index (χ3n) is 5.43. The number of nitrogens with zero attached hydrogens (tertiary/aromatic N) is 4. The molecule has 0 N–H and O–H groups in total. The summed E-state index contributed by atoms with van der Waals surface area (Å²) < 4.78 is 5.42. The molecule has 5 rings (SSSR count). The topological polar surface area (TPSA) is 45.4 Å². The number of benzene rings is 1. The molecule has 3 aromatic rings. The minimum absolute atomic E-state index is 0.552. The van der Waals surface area contributed by atoms with Gasteiger partial charge in [-0.3, -0.25) is 9.80 Å². The van der Waals surface area contributed by atoms with Crippen molar-refractivity contribution in [2.75, 3.05) is 26.2 Å². The minimum Gasteiger partial charge on any atom is -0.338 e. The zero-order valence-corrected chi connectivity index (χ0v) is 17.3. The number of aromatic nitrogens is 2. The molecule has 0 amide bonds. The fraction of sp³-hybridized carbons (Fsp3) is 0.429. The lowest BCUT2D eigenvalue weighted by Gasteiger charge is -2.33. The maximum Gasteiger partial charge on any atom is 0.240 e. The molecule has 0 bridgehead atoms. The van der Waals surface area contributed by atoms with Gasteiger partial charge in [0.25, 0.3) is 0 Å². The van der Waals surface area contributed by atoms with E-state index < -0.39 is 0 Å². The first-order chi connectivity index (χ1) is 13.7. The zero-order valence-electron chi connectivity index (χ0n) is 15.7. The third-order valence-corrected chi connectivity index (χ3v) is 6.86. The van der Waals surface area contributed by atoms with Gasteiger partial charge in [-0.05, 0) is 31.0 Å². The molecule has 28 heavy (non-hydrogen) atoms. The van der Waals surface area contributed by atoms with Crippen molar-refractivity contribution in [3.8, 4) is 10.4 Å². The van der Waals surface area contributed by atoms with Gasteiger partial charge in [0.1, 0.15) is 0 Å². The van der Waals surface area contributed by atoms with Crippen LogP contribution in [0.15, 0.2) is 40.9 Å². The quantitative estimate of drug-likeness (QED) is 0.587. The van der Waals surface area contributed by atoms with Crippen molar-refractivity contribution < 1.29 is 4.52 Å². The van der Waals surface area contributed by atoms with Gasteiger partial charge in [0.15, 0.2) is 5.82 Å². The maximum absolute atomic E-state index is 6.34. The number of hydrogen-bond donors (Lipinski definition) is 0. The Kier molecular flexibility index (Phi) is 5.20. The first-order valence-electron chi connectivity index (χ1n) is 9.85. The number of rotatable bonds is 6. The van der Waals surface area contributed by atoms with Crippen LogP contribution in [0.4, 0.5) is 0 Å². The third kappa shape index (κ3) is 4.15. The Hall–Kier alpha value is -1.73. The summed E-state index contributed by atoms with van der Waals surface area (Å²) in [6.45, 7) is 5.94. The second-order valence-electron chi connectivity index (χ2n) is 7.62. The summed E-state index contributed by atoms with van der Waals surface area (Å²) in [7, 11) is 0. The van der Waals surface area contributed by atoms with E-state index in [0.717, 1.165) is 61.6 Å². The highest BCUT2D eigenvalue weighted by Gasteiger charge is 2.29. The Balaban J connectivity index is 1.14. The molecule has 0 atom stereocenters. The summed E-state index contributed by atoms with van der Waals surface area (Å²) in [6.07, 6.45) is 2.41. The fourth-order valence-electron chi connectivity index (χ4n) is 3.63. The van der Waals surface area contributed by atoms with Crippen LogP contribution in [0.25, 0.3) is 10.4 Å². The maximum atomic E-state index is 6.34. The fourth-order valence-corrected chi connectivity index (χ4v) is 5.01. The minimum atomic E-state index is 0.552. The van der Waals surface area contributed by atoms with Gasteiger partial charge in [0.05, 0.1) is 6.54 Å². The van der Waals surface area contributed by atoms with E-state index in [4.69, 9.17) is 16.1 Å². The average Bonchev–Trinajstić information content (AvgIpc) is 3.28. The molecule has 3 heterocycles. The molecular weight excluding hydrogens is 392 g/mol. The lowest BCUT2D eigenvalue weighted by molar-refractivity contribution is 0.113. The van der Waals surface area contributed by atoms with E-state index in [1.54, 1.807) is 0 Å². The molecule has 7 heteroatoms. The SMILES string of the molecule is Clc1ccccc1-c1ccc(CN2CCN(Cc3nc(C4CC4)no3)CC2)s1. The zero-order chi connectivity index (χ0) is 18.9. The molecule has 5 nitrogen and oxygen atoms in total. The molecule has 1 saturated heterocycles. The van der Waals surface area contributed by atoms with E-state index in [1.165, 1.54) is 22.6 Å². The molecule has 1 aliphatic heterocycles. The molecule has 0 spiro atoms. The van der Waals surface area contributed by atoms with E-state index in [0.29, 0.717) is 5.92 Å². The van der Waals surface area contributed by atoms with Gasteiger partial charge in [0, 0.05) is 59.0 Å². The number of piperazine rings is 1. The van der Waals surface area contributed by atoms with Crippen molar-refractivity contribution >= 4 is 22.9 Å². The normalized spacial score (nSPS) is 18.6. The van der Waals surface area contributed by atoms with Crippen molar-refractivity contribution in [1.29, 1.82) is 0 Å². The molecular formula is C21H23ClN4OS. The van der Waals surface area contributed by atoms with E-state index in [1.807, 2.05) is 29.5 Å². The molecule has 1 aliphatic carbocycles. The van der Waals surface area contributed by atoms with E-state index in [2.05, 4.69) is 38.1 Å². The van der Waals surface area contributed by atoms with E-state index in [9.17, 15) is 0 Å². The van der Waals surface area contributed by atoms with E-state index >= 15 is 0 Å². The highest BCUT2D eigenvalue weighted by Crippen LogP contribution is 2.38. The Bertz CT molecular complexity index is 943. The first kappa shape index (κ1) is 18.3. The summed E-state index contributed by atoms with van der Waals surface area (Å²) >= 11 is 8.17. The summed E-state index contributed by atoms with van der Waals surface area (Å²) in [6, 6.07) is 12.5. The number of thiophene rings is 1. The standard InChI is InChI=1S/C21H23ClN4OS/c22-18-4-2-1-3-17(18)19-8-7-16(28-19)13-25-9-11-26(12-10-25)14-20-23-21(24-27-20)15-5-6-15/h1-4,7-8,15H,5-6,9-14H2. The summed E-state index contributed by atoms with van der Waals surface area (Å²) in [5.74, 6) is 2.22. The lowest BCUT2D eigenvalue weighted by Crippen LogP contribution is -2.45. The molecule has 146 valence electrons. The van der Waals surface area contributed by atoms with Crippen molar-refractivity contribution in [2.24, 2.45) is 0 Å². The highest BCUT2D eigenvalue weighted by molar-refractivity contribution is 7.15. The summed E-state index contributed by atoms with van der Waals surface area (Å²) in [5, 5.41) is 4.93. The lowest BCUT2D eigenvalue weighted by atomic mass is 10.2. The van der Waals surface area contributed by atoms with E-state index in [-0.39, 0.29) is 0 Å². The van der Waals surface area contributed by atoms with Gasteiger partial charge in [-0.2, -0.15) is 4.98 Å². The van der Waals surface area contributed by atoms with Crippen LogP contribution in [0.5, 0.6) is 0 Å². The molecule has 0 unspecified atom stereocenters. The van der Waals surface area contributed by atoms with Crippen molar-refractivity contribution in [3.05, 3.63) is 58.0 Å². The monoisotopic (exact) mass is 414 g/mol. The van der Waals surface area contributed by atoms with Crippen LogP contribution in [-0.2, 0) is 13.1 Å². The highest BCUT2D eigenvalue weighted by atomic mass is 35.5. The molecule has 2 aliphatic rings. The van der Waals surface area contributed by atoms with Crippen LogP contribution in [-0.4, -0.2) is 46.1 Å². The summed E-state index contributed by atoms with van der Waals surface area (Å²) in [5.41, 5.74) is 1.12. The second-order valence-corrected chi connectivity index (χ2v) is 9.19. The Morgan fingerprint density at radius 3 is 2.50 bits per heavy atom. The van der Waals surface area contributed by atoms with Crippen LogP contribution >= 0.6 is 22.9 Å². The van der Waals surface area contributed by atoms with Crippen molar-refractivity contribution in [3.63, 3.8) is 0 Å². The van der Waals surface area contributed by atoms with Gasteiger partial charge < -0.3 is 4.52 Å². The average molecular weight is 415 g/mol. The van der Waals surface area contributed by atoms with Crippen molar-refractivity contribution in [1.82, 2.24) is 19.9 Å². The van der Waals surface area contributed by atoms with Gasteiger partial charge in [-0.15, -0.1) is 11.3 Å². The molecule has 2 aromatic heterocycles. The predicted molar refractivity (Wildman–Crippen MR) is 112 cm³/mol. The van der Waals surface area contributed by atoms with Crippen LogP contribution in [0, 0.1) is 0 Å². The largest absolute Gasteiger partial charge is 0.338 e. The van der Waals surface area contributed by atoms with Crippen LogP contribution in [0.3, 0.4) is 0 Å². The smallest absolute Gasteiger partial charge is 0.240 e. The summed E-state index contributed by atoms with van der Waals surface area (Å²) in [4.78, 5) is 12.1. The molecule has 2 fully saturated rings. The Morgan fingerprint density at radius 2 is 1.75 bits per heavy atom. The van der Waals surface area contributed by atoms with Crippen LogP contribution in [0.2, 0.25) is 5.02 Å².